The molecular formula is C23H25FN10O. The van der Waals surface area contributed by atoms with Gasteiger partial charge < -0.3 is 26.3 Å². The number of rotatable bonds is 6. The van der Waals surface area contributed by atoms with Crippen molar-refractivity contribution < 1.29 is 9.18 Å². The van der Waals surface area contributed by atoms with Gasteiger partial charge in [0.15, 0.2) is 11.5 Å². The quantitative estimate of drug-likeness (QED) is 0.368. The number of nitrogens with two attached hydrogens (primary N) is 2. The Hall–Kier alpha value is -4.19. The zero-order valence-corrected chi connectivity index (χ0v) is 19.1. The summed E-state index contributed by atoms with van der Waals surface area (Å²) in [7, 11) is 0. The van der Waals surface area contributed by atoms with E-state index in [1.165, 1.54) is 12.4 Å². The molecule has 1 aliphatic heterocycles. The molecule has 1 aromatic carbocycles. The Morgan fingerprint density at radius 1 is 1.26 bits per heavy atom. The van der Waals surface area contributed by atoms with Crippen LogP contribution in [0, 0.1) is 12.7 Å². The lowest BCUT2D eigenvalue weighted by atomic mass is 9.99. The van der Waals surface area contributed by atoms with E-state index in [0.29, 0.717) is 41.9 Å². The van der Waals surface area contributed by atoms with Crippen LogP contribution in [0.25, 0.3) is 11.2 Å². The van der Waals surface area contributed by atoms with Gasteiger partial charge in [-0.25, -0.2) is 19.3 Å². The Morgan fingerprint density at radius 3 is 2.91 bits per heavy atom. The van der Waals surface area contributed by atoms with Gasteiger partial charge in [-0.15, -0.1) is 0 Å². The summed E-state index contributed by atoms with van der Waals surface area (Å²) in [5, 5.41) is 10.7. The standard InChI is InChI=1S/C23H25FN10O/c1-14-16(10-34-13-30-19-20(25)28-12-29-21(19)34)18(5-4-17(14)24)33-8-6-23(26,11-33)22(35)27-9-15-3-2-7-31-32-15/h2-5,7,12-13H,6,8-11,26H2,1H3,(H,27,35)(H2,25,28,29)/t23-/m1/s1. The van der Waals surface area contributed by atoms with Crippen LogP contribution in [0.2, 0.25) is 0 Å². The molecule has 4 heterocycles. The third-order valence-corrected chi connectivity index (χ3v) is 6.42. The molecule has 5 N–H and O–H groups in total. The van der Waals surface area contributed by atoms with E-state index in [9.17, 15) is 9.18 Å². The number of anilines is 2. The first kappa shape index (κ1) is 22.6. The predicted molar refractivity (Wildman–Crippen MR) is 128 cm³/mol. The summed E-state index contributed by atoms with van der Waals surface area (Å²) in [4.78, 5) is 27.5. The molecule has 180 valence electrons. The minimum absolute atomic E-state index is 0.241. The lowest BCUT2D eigenvalue weighted by Gasteiger charge is -2.27. The molecule has 1 saturated heterocycles. The highest BCUT2D eigenvalue weighted by molar-refractivity contribution is 5.88. The van der Waals surface area contributed by atoms with Gasteiger partial charge in [0, 0.05) is 30.5 Å². The second-order valence-electron chi connectivity index (χ2n) is 8.70. The zero-order chi connectivity index (χ0) is 24.6. The second-order valence-corrected chi connectivity index (χ2v) is 8.70. The van der Waals surface area contributed by atoms with Gasteiger partial charge >= 0.3 is 0 Å². The number of aromatic nitrogens is 6. The monoisotopic (exact) mass is 476 g/mol. The summed E-state index contributed by atoms with van der Waals surface area (Å²) in [5.41, 5.74) is 15.1. The Balaban J connectivity index is 1.39. The van der Waals surface area contributed by atoms with Crippen LogP contribution in [0.5, 0.6) is 0 Å². The molecule has 1 aliphatic rings. The Labute approximate surface area is 200 Å². The van der Waals surface area contributed by atoms with Crippen molar-refractivity contribution >= 4 is 28.6 Å². The first-order valence-corrected chi connectivity index (χ1v) is 11.1. The van der Waals surface area contributed by atoms with Crippen LogP contribution < -0.4 is 21.7 Å². The molecule has 12 heteroatoms. The Morgan fingerprint density at radius 2 is 2.11 bits per heavy atom. The van der Waals surface area contributed by atoms with E-state index in [1.807, 2.05) is 4.90 Å². The van der Waals surface area contributed by atoms with Crippen molar-refractivity contribution in [1.29, 1.82) is 0 Å². The molecule has 11 nitrogen and oxygen atoms in total. The van der Waals surface area contributed by atoms with Gasteiger partial charge in [0.05, 0.1) is 25.1 Å². The van der Waals surface area contributed by atoms with E-state index >= 15 is 0 Å². The number of carbonyl (C=O) groups excluding carboxylic acids is 1. The van der Waals surface area contributed by atoms with Crippen LogP contribution in [0.4, 0.5) is 15.9 Å². The first-order chi connectivity index (χ1) is 16.9. The molecule has 4 aromatic rings. The van der Waals surface area contributed by atoms with Crippen molar-refractivity contribution in [1.82, 2.24) is 35.0 Å². The molecule has 0 radical (unpaired) electrons. The predicted octanol–water partition coefficient (Wildman–Crippen LogP) is 0.918. The summed E-state index contributed by atoms with van der Waals surface area (Å²) < 4.78 is 16.4. The molecule has 1 atom stereocenters. The molecule has 35 heavy (non-hydrogen) atoms. The van der Waals surface area contributed by atoms with Crippen molar-refractivity contribution in [2.75, 3.05) is 23.7 Å². The fraction of sp³-hybridized carbons (Fsp3) is 0.304. The number of fused-ring (bicyclic) bond motifs is 1. The van der Waals surface area contributed by atoms with E-state index in [1.54, 1.807) is 42.2 Å². The van der Waals surface area contributed by atoms with Crippen LogP contribution in [0.15, 0.2) is 43.1 Å². The van der Waals surface area contributed by atoms with Gasteiger partial charge in [-0.3, -0.25) is 4.79 Å². The molecule has 0 bridgehead atoms. The first-order valence-electron chi connectivity index (χ1n) is 11.1. The van der Waals surface area contributed by atoms with Gasteiger partial charge in [-0.05, 0) is 43.2 Å². The highest BCUT2D eigenvalue weighted by atomic mass is 19.1. The number of amides is 1. The average Bonchev–Trinajstić information content (AvgIpc) is 3.47. The molecule has 3 aromatic heterocycles. The van der Waals surface area contributed by atoms with E-state index in [2.05, 4.69) is 30.5 Å². The smallest absolute Gasteiger partial charge is 0.242 e. The zero-order valence-electron chi connectivity index (χ0n) is 19.1. The van der Waals surface area contributed by atoms with Crippen molar-refractivity contribution in [2.45, 2.75) is 32.0 Å². The Kier molecular flexibility index (Phi) is 5.73. The highest BCUT2D eigenvalue weighted by Crippen LogP contribution is 2.32. The van der Waals surface area contributed by atoms with Crippen LogP contribution in [-0.4, -0.2) is 54.3 Å². The molecule has 1 amide bonds. The molecule has 1 fully saturated rings. The normalized spacial score (nSPS) is 17.7. The van der Waals surface area contributed by atoms with Crippen LogP contribution >= 0.6 is 0 Å². The van der Waals surface area contributed by atoms with E-state index in [-0.39, 0.29) is 30.6 Å². The topological polar surface area (TPSA) is 154 Å². The van der Waals surface area contributed by atoms with Gasteiger partial charge in [0.1, 0.15) is 23.2 Å². The maximum absolute atomic E-state index is 14.6. The lowest BCUT2D eigenvalue weighted by molar-refractivity contribution is -0.125. The number of halogens is 1. The third-order valence-electron chi connectivity index (χ3n) is 6.42. The van der Waals surface area contributed by atoms with E-state index in [0.717, 1.165) is 11.3 Å². The largest absolute Gasteiger partial charge is 0.382 e. The number of nitrogen functional groups attached to an aromatic ring is 1. The molecule has 0 spiro atoms. The van der Waals surface area contributed by atoms with Crippen LogP contribution in [0.3, 0.4) is 0 Å². The molecule has 0 unspecified atom stereocenters. The second kappa shape index (κ2) is 8.87. The number of hydrogen-bond donors (Lipinski definition) is 3. The number of benzene rings is 1. The lowest BCUT2D eigenvalue weighted by Crippen LogP contribution is -2.55. The maximum atomic E-state index is 14.6. The molecule has 0 aliphatic carbocycles. The van der Waals surface area contributed by atoms with Crippen molar-refractivity contribution in [3.8, 4) is 0 Å². The SMILES string of the molecule is Cc1c(F)ccc(N2CC[C@](N)(C(=O)NCc3cccnn3)C2)c1Cn1cnc2c(N)ncnc21. The van der Waals surface area contributed by atoms with Crippen molar-refractivity contribution in [3.63, 3.8) is 0 Å². The number of nitrogens with zero attached hydrogens (tertiary/aromatic N) is 7. The highest BCUT2D eigenvalue weighted by Gasteiger charge is 2.41. The summed E-state index contributed by atoms with van der Waals surface area (Å²) in [6, 6.07) is 6.70. The summed E-state index contributed by atoms with van der Waals surface area (Å²) in [5.74, 6) is -0.300. The van der Waals surface area contributed by atoms with Crippen molar-refractivity contribution in [2.24, 2.45) is 5.73 Å². The number of hydrogen-bond acceptors (Lipinski definition) is 9. The number of carbonyl (C=O) groups is 1. The third kappa shape index (κ3) is 4.23. The van der Waals surface area contributed by atoms with Crippen LogP contribution in [0.1, 0.15) is 23.2 Å². The summed E-state index contributed by atoms with van der Waals surface area (Å²) in [6.07, 6.45) is 5.01. The van der Waals surface area contributed by atoms with E-state index < -0.39 is 5.54 Å². The van der Waals surface area contributed by atoms with E-state index in [4.69, 9.17) is 11.5 Å². The fourth-order valence-electron chi connectivity index (χ4n) is 4.39. The molecule has 0 saturated carbocycles. The summed E-state index contributed by atoms with van der Waals surface area (Å²) in [6.45, 7) is 3.13. The molecular weight excluding hydrogens is 451 g/mol. The number of imidazole rings is 1. The fourth-order valence-corrected chi connectivity index (χ4v) is 4.39. The summed E-state index contributed by atoms with van der Waals surface area (Å²) >= 11 is 0. The maximum Gasteiger partial charge on any atom is 0.242 e. The average molecular weight is 477 g/mol. The minimum Gasteiger partial charge on any atom is -0.382 e. The van der Waals surface area contributed by atoms with Crippen molar-refractivity contribution in [3.05, 3.63) is 65.8 Å². The van der Waals surface area contributed by atoms with Gasteiger partial charge in [0.25, 0.3) is 0 Å². The number of nitrogens with one attached hydrogen (secondary N) is 1. The van der Waals surface area contributed by atoms with Gasteiger partial charge in [-0.2, -0.15) is 10.2 Å². The minimum atomic E-state index is -1.09. The Bertz CT molecular complexity index is 1390. The van der Waals surface area contributed by atoms with Gasteiger partial charge in [0.2, 0.25) is 5.91 Å². The van der Waals surface area contributed by atoms with Crippen LogP contribution in [-0.2, 0) is 17.9 Å². The molecule has 5 rings (SSSR count). The van der Waals surface area contributed by atoms with Gasteiger partial charge in [-0.1, -0.05) is 0 Å².